The molecule has 1 aliphatic heterocycles. The van der Waals surface area contributed by atoms with Crippen LogP contribution in [0.5, 0.6) is 0 Å². The lowest BCUT2D eigenvalue weighted by atomic mass is 10.2. The molecule has 1 N–H and O–H groups in total. The van der Waals surface area contributed by atoms with Gasteiger partial charge in [0.1, 0.15) is 0 Å². The highest BCUT2D eigenvalue weighted by atomic mass is 16.5. The number of carbonyl (C=O) groups excluding carboxylic acids is 1. The third-order valence-corrected chi connectivity index (χ3v) is 5.36. The Bertz CT molecular complexity index is 1030. The van der Waals surface area contributed by atoms with Crippen molar-refractivity contribution in [1.29, 1.82) is 0 Å². The average Bonchev–Trinajstić information content (AvgIpc) is 3.13. The number of nitrogens with one attached hydrogen (secondary N) is 1. The van der Waals surface area contributed by atoms with Crippen molar-refractivity contribution in [2.45, 2.75) is 44.6 Å². The van der Waals surface area contributed by atoms with E-state index in [9.17, 15) is 4.79 Å². The first-order valence-corrected chi connectivity index (χ1v) is 9.94. The lowest BCUT2D eigenvalue weighted by Gasteiger charge is -2.10. The van der Waals surface area contributed by atoms with Gasteiger partial charge in [0.25, 0.3) is 11.8 Å². The minimum absolute atomic E-state index is 0.0996. The number of amides is 1. The Labute approximate surface area is 167 Å². The zero-order valence-electron chi connectivity index (χ0n) is 16.2. The van der Waals surface area contributed by atoms with Crippen molar-refractivity contribution in [1.82, 2.24) is 30.2 Å². The Morgan fingerprint density at radius 1 is 1.34 bits per heavy atom. The summed E-state index contributed by atoms with van der Waals surface area (Å²) in [7, 11) is 0. The number of aromatic nitrogens is 5. The van der Waals surface area contributed by atoms with Crippen LogP contribution in [0.2, 0.25) is 0 Å². The van der Waals surface area contributed by atoms with Gasteiger partial charge in [-0.05, 0) is 44.7 Å². The van der Waals surface area contributed by atoms with Crippen LogP contribution in [0.15, 0.2) is 29.0 Å². The fourth-order valence-electron chi connectivity index (χ4n) is 3.50. The number of rotatable bonds is 6. The molecule has 1 saturated carbocycles. The molecule has 2 aliphatic rings. The second-order valence-electron chi connectivity index (χ2n) is 7.54. The second kappa shape index (κ2) is 7.40. The van der Waals surface area contributed by atoms with E-state index in [2.05, 4.69) is 25.5 Å². The SMILES string of the molecule is Cc1c(C(=O)NC[C@H]2CCCO2)cnn1-c1cc(-c2nc(C3CC3)no2)ccn1. The summed E-state index contributed by atoms with van der Waals surface area (Å²) >= 11 is 0. The van der Waals surface area contributed by atoms with Crippen LogP contribution in [-0.2, 0) is 4.74 Å². The van der Waals surface area contributed by atoms with Gasteiger partial charge in [-0.25, -0.2) is 9.67 Å². The van der Waals surface area contributed by atoms with Crippen LogP contribution >= 0.6 is 0 Å². The van der Waals surface area contributed by atoms with Crippen molar-refractivity contribution in [3.8, 4) is 17.3 Å². The van der Waals surface area contributed by atoms with Gasteiger partial charge in [0.05, 0.1) is 23.6 Å². The summed E-state index contributed by atoms with van der Waals surface area (Å²) in [5.41, 5.74) is 2.00. The van der Waals surface area contributed by atoms with Gasteiger partial charge in [0, 0.05) is 30.8 Å². The Morgan fingerprint density at radius 3 is 3.03 bits per heavy atom. The van der Waals surface area contributed by atoms with Crippen molar-refractivity contribution in [2.75, 3.05) is 13.2 Å². The van der Waals surface area contributed by atoms with Crippen LogP contribution in [0.3, 0.4) is 0 Å². The molecule has 1 saturated heterocycles. The van der Waals surface area contributed by atoms with Gasteiger partial charge in [-0.3, -0.25) is 4.79 Å². The van der Waals surface area contributed by atoms with E-state index in [0.717, 1.165) is 43.7 Å². The van der Waals surface area contributed by atoms with E-state index in [4.69, 9.17) is 9.26 Å². The number of hydrogen-bond donors (Lipinski definition) is 1. The predicted molar refractivity (Wildman–Crippen MR) is 103 cm³/mol. The maximum absolute atomic E-state index is 12.6. The van der Waals surface area contributed by atoms with E-state index in [1.165, 1.54) is 0 Å². The molecule has 1 atom stereocenters. The number of pyridine rings is 1. The molecule has 0 bridgehead atoms. The maximum Gasteiger partial charge on any atom is 0.258 e. The molecule has 3 aromatic rings. The molecule has 9 nitrogen and oxygen atoms in total. The molecule has 4 heterocycles. The highest BCUT2D eigenvalue weighted by Gasteiger charge is 2.29. The molecule has 29 heavy (non-hydrogen) atoms. The van der Waals surface area contributed by atoms with Crippen LogP contribution in [0.4, 0.5) is 0 Å². The monoisotopic (exact) mass is 394 g/mol. The normalized spacial score (nSPS) is 18.9. The lowest BCUT2D eigenvalue weighted by molar-refractivity contribution is 0.0857. The highest BCUT2D eigenvalue weighted by Crippen LogP contribution is 2.38. The molecule has 0 spiro atoms. The van der Waals surface area contributed by atoms with Gasteiger partial charge in [-0.1, -0.05) is 5.16 Å². The summed E-state index contributed by atoms with van der Waals surface area (Å²) in [5, 5.41) is 11.4. The first-order valence-electron chi connectivity index (χ1n) is 9.94. The van der Waals surface area contributed by atoms with E-state index in [1.54, 1.807) is 17.1 Å². The van der Waals surface area contributed by atoms with Gasteiger partial charge in [-0.15, -0.1) is 0 Å². The third kappa shape index (κ3) is 3.65. The number of nitrogens with zero attached hydrogens (tertiary/aromatic N) is 5. The summed E-state index contributed by atoms with van der Waals surface area (Å²) in [6.45, 7) is 3.12. The second-order valence-corrected chi connectivity index (χ2v) is 7.54. The van der Waals surface area contributed by atoms with Gasteiger partial charge in [0.2, 0.25) is 0 Å². The van der Waals surface area contributed by atoms with Crippen molar-refractivity contribution < 1.29 is 14.1 Å². The van der Waals surface area contributed by atoms with Crippen molar-refractivity contribution in [3.05, 3.63) is 41.6 Å². The van der Waals surface area contributed by atoms with E-state index < -0.39 is 0 Å². The van der Waals surface area contributed by atoms with Gasteiger partial charge in [0.15, 0.2) is 11.6 Å². The quantitative estimate of drug-likeness (QED) is 0.684. The van der Waals surface area contributed by atoms with Crippen LogP contribution in [0.1, 0.15) is 53.5 Å². The Kier molecular flexibility index (Phi) is 4.59. The average molecular weight is 394 g/mol. The molecule has 1 aliphatic carbocycles. The first-order chi connectivity index (χ1) is 14.2. The minimum atomic E-state index is -0.161. The van der Waals surface area contributed by atoms with Gasteiger partial charge < -0.3 is 14.6 Å². The molecule has 5 rings (SSSR count). The smallest absolute Gasteiger partial charge is 0.258 e. The van der Waals surface area contributed by atoms with Crippen molar-refractivity contribution >= 4 is 5.91 Å². The summed E-state index contributed by atoms with van der Waals surface area (Å²) < 4.78 is 12.6. The summed E-state index contributed by atoms with van der Waals surface area (Å²) in [6, 6.07) is 3.65. The van der Waals surface area contributed by atoms with Crippen LogP contribution < -0.4 is 5.32 Å². The number of carbonyl (C=O) groups is 1. The Balaban J connectivity index is 1.34. The zero-order valence-corrected chi connectivity index (χ0v) is 16.2. The molecule has 0 radical (unpaired) electrons. The topological polar surface area (TPSA) is 108 Å². The van der Waals surface area contributed by atoms with E-state index in [0.29, 0.717) is 35.4 Å². The molecule has 2 fully saturated rings. The van der Waals surface area contributed by atoms with E-state index >= 15 is 0 Å². The van der Waals surface area contributed by atoms with Gasteiger partial charge in [-0.2, -0.15) is 10.1 Å². The molecule has 9 heteroatoms. The molecule has 3 aromatic heterocycles. The molecule has 150 valence electrons. The fourth-order valence-corrected chi connectivity index (χ4v) is 3.50. The van der Waals surface area contributed by atoms with E-state index in [-0.39, 0.29) is 12.0 Å². The Morgan fingerprint density at radius 2 is 2.24 bits per heavy atom. The van der Waals surface area contributed by atoms with Crippen LogP contribution in [0, 0.1) is 6.92 Å². The minimum Gasteiger partial charge on any atom is -0.376 e. The predicted octanol–water partition coefficient (Wildman–Crippen LogP) is 2.41. The van der Waals surface area contributed by atoms with Crippen LogP contribution in [-0.4, -0.2) is 50.1 Å². The van der Waals surface area contributed by atoms with Crippen molar-refractivity contribution in [3.63, 3.8) is 0 Å². The van der Waals surface area contributed by atoms with E-state index in [1.807, 2.05) is 19.1 Å². The summed E-state index contributed by atoms with van der Waals surface area (Å²) in [6.07, 6.45) is 7.59. The summed E-state index contributed by atoms with van der Waals surface area (Å²) in [5.74, 6) is 2.09. The lowest BCUT2D eigenvalue weighted by Crippen LogP contribution is -2.32. The van der Waals surface area contributed by atoms with Crippen LogP contribution in [0.25, 0.3) is 17.3 Å². The summed E-state index contributed by atoms with van der Waals surface area (Å²) in [4.78, 5) is 21.4. The Hall–Kier alpha value is -3.07. The molecular weight excluding hydrogens is 372 g/mol. The molecular formula is C20H22N6O3. The maximum atomic E-state index is 12.6. The van der Waals surface area contributed by atoms with Gasteiger partial charge >= 0.3 is 0 Å². The third-order valence-electron chi connectivity index (χ3n) is 5.36. The number of ether oxygens (including phenoxy) is 1. The molecule has 1 amide bonds. The largest absolute Gasteiger partial charge is 0.376 e. The zero-order chi connectivity index (χ0) is 19.8. The standard InChI is InChI=1S/C20H22N6O3/c1-12-16(19(27)22-10-15-3-2-8-28-15)11-23-26(12)17-9-14(6-7-21-17)20-24-18(25-29-20)13-4-5-13/h6-7,9,11,13,15H,2-5,8,10H2,1H3,(H,22,27)/t15-/m1/s1. The molecule has 0 aromatic carbocycles. The first kappa shape index (κ1) is 18.0. The van der Waals surface area contributed by atoms with Crippen molar-refractivity contribution in [2.24, 2.45) is 0 Å². The molecule has 0 unspecified atom stereocenters. The number of hydrogen-bond acceptors (Lipinski definition) is 7. The highest BCUT2D eigenvalue weighted by molar-refractivity contribution is 5.95. The fraction of sp³-hybridized carbons (Fsp3) is 0.450.